The lowest BCUT2D eigenvalue weighted by molar-refractivity contribution is -0.132. The zero-order valence-corrected chi connectivity index (χ0v) is 10.2. The molecule has 0 aromatic rings. The summed E-state index contributed by atoms with van der Waals surface area (Å²) >= 11 is 0. The third-order valence-corrected chi connectivity index (χ3v) is 2.92. The van der Waals surface area contributed by atoms with Gasteiger partial charge in [0.05, 0.1) is 12.3 Å². The lowest BCUT2D eigenvalue weighted by Gasteiger charge is -2.23. The van der Waals surface area contributed by atoms with Gasteiger partial charge in [-0.05, 0) is 20.3 Å². The van der Waals surface area contributed by atoms with Gasteiger partial charge in [-0.25, -0.2) is 0 Å². The highest BCUT2D eigenvalue weighted by Gasteiger charge is 2.31. The minimum absolute atomic E-state index is 0.0379. The minimum Gasteiger partial charge on any atom is -0.505 e. The van der Waals surface area contributed by atoms with E-state index >= 15 is 0 Å². The number of ketones is 2. The summed E-state index contributed by atoms with van der Waals surface area (Å²) < 4.78 is 0. The van der Waals surface area contributed by atoms with Gasteiger partial charge in [0, 0.05) is 17.2 Å². The van der Waals surface area contributed by atoms with Gasteiger partial charge in [-0.3, -0.25) is 9.59 Å². The molecule has 1 aliphatic carbocycles. The number of Topliss-reactive ketones (excluding diaryl/α,β-unsaturated/α-hetero) is 2. The minimum atomic E-state index is -0.678. The highest BCUT2D eigenvalue weighted by molar-refractivity contribution is 6.50. The molecular formula is C12H17NO4. The molecule has 94 valence electrons. The number of rotatable bonds is 4. The van der Waals surface area contributed by atoms with Crippen molar-refractivity contribution in [3.05, 3.63) is 22.6 Å². The molecule has 0 saturated carbocycles. The fraction of sp³-hybridized carbons (Fsp3) is 0.500. The monoisotopic (exact) mass is 239 g/mol. The van der Waals surface area contributed by atoms with Crippen LogP contribution < -0.4 is 5.32 Å². The summed E-state index contributed by atoms with van der Waals surface area (Å²) in [6, 6.07) is -0.254. The van der Waals surface area contributed by atoms with Crippen molar-refractivity contribution in [1.29, 1.82) is 0 Å². The largest absolute Gasteiger partial charge is 0.505 e. The first-order chi connectivity index (χ1) is 7.93. The number of allylic oxidation sites excluding steroid dienone is 2. The van der Waals surface area contributed by atoms with Crippen LogP contribution >= 0.6 is 0 Å². The molecule has 0 fully saturated rings. The molecule has 0 bridgehead atoms. The van der Waals surface area contributed by atoms with E-state index in [1.165, 1.54) is 13.8 Å². The van der Waals surface area contributed by atoms with Crippen LogP contribution in [-0.4, -0.2) is 34.4 Å². The number of carbonyl (C=O) groups excluding carboxylic acids is 2. The first kappa shape index (κ1) is 13.4. The summed E-state index contributed by atoms with van der Waals surface area (Å²) in [4.78, 5) is 23.0. The molecule has 1 atom stereocenters. The maximum Gasteiger partial charge on any atom is 0.232 e. The topological polar surface area (TPSA) is 86.6 Å². The van der Waals surface area contributed by atoms with Crippen LogP contribution in [0.25, 0.3) is 0 Å². The Labute approximate surface area is 99.8 Å². The lowest BCUT2D eigenvalue weighted by atomic mass is 9.93. The van der Waals surface area contributed by atoms with Crippen molar-refractivity contribution in [1.82, 2.24) is 5.32 Å². The summed E-state index contributed by atoms with van der Waals surface area (Å²) in [6.07, 6.45) is 0.641. The predicted octanol–water partition coefficient (Wildman–Crippen LogP) is 0.605. The Balaban J connectivity index is 3.12. The predicted molar refractivity (Wildman–Crippen MR) is 62.3 cm³/mol. The fourth-order valence-corrected chi connectivity index (χ4v) is 1.58. The molecule has 0 aromatic carbocycles. The Kier molecular flexibility index (Phi) is 4.07. The van der Waals surface area contributed by atoms with Gasteiger partial charge < -0.3 is 15.5 Å². The van der Waals surface area contributed by atoms with Crippen molar-refractivity contribution < 1.29 is 19.8 Å². The molecule has 5 nitrogen and oxygen atoms in total. The van der Waals surface area contributed by atoms with E-state index in [1.807, 2.05) is 6.92 Å². The van der Waals surface area contributed by atoms with Crippen LogP contribution in [0.3, 0.4) is 0 Å². The van der Waals surface area contributed by atoms with Gasteiger partial charge in [0.1, 0.15) is 5.76 Å². The Hall–Kier alpha value is -1.62. The van der Waals surface area contributed by atoms with Gasteiger partial charge in [0.15, 0.2) is 0 Å². The first-order valence-electron chi connectivity index (χ1n) is 5.51. The third kappa shape index (κ3) is 2.39. The molecule has 1 aliphatic rings. The molecule has 0 saturated heterocycles. The van der Waals surface area contributed by atoms with Crippen LogP contribution in [0.2, 0.25) is 0 Å². The molecule has 0 heterocycles. The number of nitrogens with one attached hydrogen (secondary N) is 1. The van der Waals surface area contributed by atoms with Crippen molar-refractivity contribution in [2.45, 2.75) is 33.2 Å². The van der Waals surface area contributed by atoms with Gasteiger partial charge in [0.2, 0.25) is 11.6 Å². The molecule has 17 heavy (non-hydrogen) atoms. The summed E-state index contributed by atoms with van der Waals surface area (Å²) in [5, 5.41) is 21.8. The fourth-order valence-electron chi connectivity index (χ4n) is 1.58. The van der Waals surface area contributed by atoms with Crippen LogP contribution in [0.15, 0.2) is 22.6 Å². The summed E-state index contributed by atoms with van der Waals surface area (Å²) in [5.41, 5.74) is 0.467. The molecule has 0 aromatic heterocycles. The number of carbonyl (C=O) groups is 2. The maximum atomic E-state index is 11.6. The molecule has 0 spiro atoms. The van der Waals surface area contributed by atoms with E-state index in [0.29, 0.717) is 6.42 Å². The zero-order valence-electron chi connectivity index (χ0n) is 10.2. The van der Waals surface area contributed by atoms with E-state index in [0.717, 1.165) is 0 Å². The van der Waals surface area contributed by atoms with Crippen molar-refractivity contribution in [3.8, 4) is 0 Å². The van der Waals surface area contributed by atoms with E-state index in [-0.39, 0.29) is 35.3 Å². The molecule has 0 amide bonds. The second-order valence-electron chi connectivity index (χ2n) is 4.06. The average molecular weight is 239 g/mol. The Morgan fingerprint density at radius 1 is 1.18 bits per heavy atom. The number of aliphatic hydroxyl groups is 2. The van der Waals surface area contributed by atoms with E-state index < -0.39 is 11.6 Å². The summed E-state index contributed by atoms with van der Waals surface area (Å²) in [5.74, 6) is -1.50. The van der Waals surface area contributed by atoms with Crippen LogP contribution in [0.1, 0.15) is 27.2 Å². The number of hydrogen-bond donors (Lipinski definition) is 3. The molecular weight excluding hydrogens is 222 g/mol. The Morgan fingerprint density at radius 3 is 2.18 bits per heavy atom. The first-order valence-corrected chi connectivity index (χ1v) is 5.51. The summed E-state index contributed by atoms with van der Waals surface area (Å²) in [7, 11) is 0. The van der Waals surface area contributed by atoms with Gasteiger partial charge in [-0.15, -0.1) is 0 Å². The van der Waals surface area contributed by atoms with Crippen LogP contribution in [0.4, 0.5) is 0 Å². The highest BCUT2D eigenvalue weighted by Crippen LogP contribution is 2.22. The number of hydrogen-bond acceptors (Lipinski definition) is 5. The molecule has 0 aliphatic heterocycles. The van der Waals surface area contributed by atoms with Crippen molar-refractivity contribution in [3.63, 3.8) is 0 Å². The van der Waals surface area contributed by atoms with Crippen LogP contribution in [0, 0.1) is 0 Å². The van der Waals surface area contributed by atoms with Gasteiger partial charge in [0.25, 0.3) is 0 Å². The normalized spacial score (nSPS) is 18.8. The Morgan fingerprint density at radius 2 is 1.71 bits per heavy atom. The average Bonchev–Trinajstić information content (AvgIpc) is 2.34. The van der Waals surface area contributed by atoms with Crippen molar-refractivity contribution >= 4 is 11.6 Å². The van der Waals surface area contributed by atoms with E-state index in [1.54, 1.807) is 0 Å². The van der Waals surface area contributed by atoms with E-state index in [2.05, 4.69) is 5.32 Å². The zero-order chi connectivity index (χ0) is 13.2. The number of aliphatic hydroxyl groups excluding tert-OH is 2. The van der Waals surface area contributed by atoms with E-state index in [9.17, 15) is 14.7 Å². The quantitative estimate of drug-likeness (QED) is 0.494. The molecule has 1 unspecified atom stereocenters. The SMILES string of the molecule is CCC(CO)NC1=C(C)C(=O)C(=O)C(C)=C1O. The van der Waals surface area contributed by atoms with Gasteiger partial charge in [-0.1, -0.05) is 6.92 Å². The second kappa shape index (κ2) is 5.14. The lowest BCUT2D eigenvalue weighted by Crippen LogP contribution is -2.36. The van der Waals surface area contributed by atoms with Crippen LogP contribution in [-0.2, 0) is 9.59 Å². The highest BCUT2D eigenvalue weighted by atomic mass is 16.3. The van der Waals surface area contributed by atoms with Gasteiger partial charge >= 0.3 is 0 Å². The van der Waals surface area contributed by atoms with Crippen molar-refractivity contribution in [2.75, 3.05) is 6.61 Å². The Bertz CT molecular complexity index is 416. The second-order valence-corrected chi connectivity index (χ2v) is 4.06. The molecule has 3 N–H and O–H groups in total. The van der Waals surface area contributed by atoms with Crippen molar-refractivity contribution in [2.24, 2.45) is 0 Å². The summed E-state index contributed by atoms with van der Waals surface area (Å²) in [6.45, 7) is 4.65. The maximum absolute atomic E-state index is 11.6. The third-order valence-electron chi connectivity index (χ3n) is 2.92. The molecule has 0 radical (unpaired) electrons. The standard InChI is InChI=1S/C12H17NO4/c1-4-8(5-14)13-9-6(2)11(16)12(17)7(3)10(9)15/h8,13-15H,4-5H2,1-3H3. The molecule has 1 rings (SSSR count). The van der Waals surface area contributed by atoms with Crippen LogP contribution in [0.5, 0.6) is 0 Å². The smallest absolute Gasteiger partial charge is 0.232 e. The van der Waals surface area contributed by atoms with Gasteiger partial charge in [-0.2, -0.15) is 0 Å². The molecule has 5 heteroatoms. The van der Waals surface area contributed by atoms with E-state index in [4.69, 9.17) is 5.11 Å².